The molecule has 0 aromatic heterocycles. The Morgan fingerprint density at radius 1 is 1.47 bits per heavy atom. The zero-order valence-electron chi connectivity index (χ0n) is 11.1. The fraction of sp³-hybridized carbons (Fsp3) is 0.500. The lowest BCUT2D eigenvalue weighted by atomic mass is 9.82. The summed E-state index contributed by atoms with van der Waals surface area (Å²) in [6.45, 7) is 1.51. The van der Waals surface area contributed by atoms with Crippen molar-refractivity contribution in [2.45, 2.75) is 25.5 Å². The maximum Gasteiger partial charge on any atom is 0.124 e. The van der Waals surface area contributed by atoms with Gasteiger partial charge < -0.3 is 15.7 Å². The van der Waals surface area contributed by atoms with Crippen molar-refractivity contribution in [1.82, 2.24) is 4.90 Å². The Balaban J connectivity index is 1.96. The highest BCUT2D eigenvalue weighted by Crippen LogP contribution is 2.27. The maximum absolute atomic E-state index is 13.4. The third-order valence-corrected chi connectivity index (χ3v) is 3.50. The van der Waals surface area contributed by atoms with E-state index in [9.17, 15) is 9.50 Å². The third kappa shape index (κ3) is 3.75. The van der Waals surface area contributed by atoms with E-state index in [4.69, 9.17) is 11.1 Å². The molecule has 4 nitrogen and oxygen atoms in total. The summed E-state index contributed by atoms with van der Waals surface area (Å²) in [5.41, 5.74) is 6.62. The summed E-state index contributed by atoms with van der Waals surface area (Å²) in [5.74, 6) is 0.0431. The number of nitrogens with zero attached hydrogens (tertiary/aromatic N) is 1. The Morgan fingerprint density at radius 2 is 2.16 bits per heavy atom. The van der Waals surface area contributed by atoms with E-state index in [0.29, 0.717) is 18.0 Å². The van der Waals surface area contributed by atoms with Crippen LogP contribution >= 0.6 is 0 Å². The van der Waals surface area contributed by atoms with Crippen molar-refractivity contribution in [3.8, 4) is 0 Å². The second-order valence-corrected chi connectivity index (χ2v) is 5.45. The molecule has 0 bridgehead atoms. The molecule has 4 N–H and O–H groups in total. The number of halogens is 1. The standard InChI is InChI=1S/C14H20FN3O/c1-18(8-10-4-13(19)5-10)7-9-2-11(14(16)17)6-12(15)3-9/h2-3,6,10,13,19H,4-5,7-8H2,1H3,(H3,16,17). The van der Waals surface area contributed by atoms with Gasteiger partial charge in [-0.2, -0.15) is 0 Å². The average molecular weight is 265 g/mol. The topological polar surface area (TPSA) is 73.3 Å². The molecule has 5 heteroatoms. The molecule has 19 heavy (non-hydrogen) atoms. The van der Waals surface area contributed by atoms with E-state index in [2.05, 4.69) is 4.90 Å². The van der Waals surface area contributed by atoms with Crippen molar-refractivity contribution < 1.29 is 9.50 Å². The highest BCUT2D eigenvalue weighted by Gasteiger charge is 2.27. The van der Waals surface area contributed by atoms with Crippen molar-refractivity contribution in [2.75, 3.05) is 13.6 Å². The van der Waals surface area contributed by atoms with Crippen molar-refractivity contribution in [2.24, 2.45) is 11.7 Å². The molecule has 0 amide bonds. The molecule has 0 aliphatic heterocycles. The number of nitrogens with two attached hydrogens (primary N) is 1. The van der Waals surface area contributed by atoms with Gasteiger partial charge in [0.1, 0.15) is 11.7 Å². The lowest BCUT2D eigenvalue weighted by molar-refractivity contribution is 0.0274. The van der Waals surface area contributed by atoms with Gasteiger partial charge >= 0.3 is 0 Å². The lowest BCUT2D eigenvalue weighted by Gasteiger charge is -2.34. The van der Waals surface area contributed by atoms with Gasteiger partial charge in [-0.05, 0) is 49.6 Å². The molecular formula is C14H20FN3O. The van der Waals surface area contributed by atoms with E-state index in [1.165, 1.54) is 12.1 Å². The number of nitrogen functional groups attached to an aromatic ring is 1. The molecule has 0 spiro atoms. The number of aliphatic hydroxyl groups excluding tert-OH is 1. The molecule has 1 aromatic rings. The summed E-state index contributed by atoms with van der Waals surface area (Å²) in [4.78, 5) is 2.11. The van der Waals surface area contributed by atoms with E-state index in [1.54, 1.807) is 6.07 Å². The summed E-state index contributed by atoms with van der Waals surface area (Å²) in [6.07, 6.45) is 1.56. The Labute approximate surface area is 112 Å². The summed E-state index contributed by atoms with van der Waals surface area (Å²) < 4.78 is 13.4. The second kappa shape index (κ2) is 5.67. The molecule has 1 aliphatic carbocycles. The smallest absolute Gasteiger partial charge is 0.124 e. The van der Waals surface area contributed by atoms with Gasteiger partial charge in [-0.3, -0.25) is 5.41 Å². The van der Waals surface area contributed by atoms with Gasteiger partial charge in [0.2, 0.25) is 0 Å². The van der Waals surface area contributed by atoms with Crippen molar-refractivity contribution in [3.63, 3.8) is 0 Å². The van der Waals surface area contributed by atoms with Gasteiger partial charge in [-0.15, -0.1) is 0 Å². The number of benzene rings is 1. The molecule has 1 aliphatic rings. The predicted octanol–water partition coefficient (Wildman–Crippen LogP) is 1.31. The van der Waals surface area contributed by atoms with Crippen molar-refractivity contribution >= 4 is 5.84 Å². The summed E-state index contributed by atoms with van der Waals surface area (Å²) in [7, 11) is 1.98. The molecule has 0 radical (unpaired) electrons. The Kier molecular flexibility index (Phi) is 4.17. The monoisotopic (exact) mass is 265 g/mol. The molecule has 0 unspecified atom stereocenters. The third-order valence-electron chi connectivity index (χ3n) is 3.50. The van der Waals surface area contributed by atoms with E-state index in [1.807, 2.05) is 7.05 Å². The molecular weight excluding hydrogens is 245 g/mol. The number of hydrogen-bond donors (Lipinski definition) is 3. The van der Waals surface area contributed by atoms with Crippen LogP contribution in [0.15, 0.2) is 18.2 Å². The minimum Gasteiger partial charge on any atom is -0.393 e. The maximum atomic E-state index is 13.4. The Hall–Kier alpha value is -1.46. The van der Waals surface area contributed by atoms with Crippen LogP contribution in [0.2, 0.25) is 0 Å². The number of nitrogens with one attached hydrogen (secondary N) is 1. The highest BCUT2D eigenvalue weighted by atomic mass is 19.1. The lowest BCUT2D eigenvalue weighted by Crippen LogP contribution is -2.36. The minimum atomic E-state index is -0.366. The Morgan fingerprint density at radius 3 is 2.74 bits per heavy atom. The van der Waals surface area contributed by atoms with Crippen LogP contribution in [0.3, 0.4) is 0 Å². The molecule has 2 rings (SSSR count). The van der Waals surface area contributed by atoms with E-state index in [-0.39, 0.29) is 17.8 Å². The first kappa shape index (κ1) is 14.0. The van der Waals surface area contributed by atoms with Gasteiger partial charge in [0.05, 0.1) is 6.10 Å². The quantitative estimate of drug-likeness (QED) is 0.555. The normalized spacial score (nSPS) is 22.3. The largest absolute Gasteiger partial charge is 0.393 e. The molecule has 0 saturated heterocycles. The molecule has 104 valence electrons. The van der Waals surface area contributed by atoms with Gasteiger partial charge in [0.15, 0.2) is 0 Å². The minimum absolute atomic E-state index is 0.120. The number of amidine groups is 1. The fourth-order valence-electron chi connectivity index (χ4n) is 2.56. The van der Waals surface area contributed by atoms with Gasteiger partial charge in [-0.1, -0.05) is 0 Å². The molecule has 0 atom stereocenters. The first-order valence-electron chi connectivity index (χ1n) is 6.44. The zero-order valence-corrected chi connectivity index (χ0v) is 11.1. The summed E-state index contributed by atoms with van der Waals surface area (Å²) >= 11 is 0. The Bertz CT molecular complexity index is 472. The summed E-state index contributed by atoms with van der Waals surface area (Å²) in [5, 5.41) is 16.6. The van der Waals surface area contributed by atoms with Crippen LogP contribution in [0, 0.1) is 17.1 Å². The number of hydrogen-bond acceptors (Lipinski definition) is 3. The number of aliphatic hydroxyl groups is 1. The number of rotatable bonds is 5. The summed E-state index contributed by atoms with van der Waals surface area (Å²) in [6, 6.07) is 4.49. The fourth-order valence-corrected chi connectivity index (χ4v) is 2.56. The van der Waals surface area contributed by atoms with Crippen molar-refractivity contribution in [1.29, 1.82) is 5.41 Å². The molecule has 1 aromatic carbocycles. The first-order valence-corrected chi connectivity index (χ1v) is 6.44. The van der Waals surface area contributed by atoms with Crippen LogP contribution in [-0.4, -0.2) is 35.5 Å². The highest BCUT2D eigenvalue weighted by molar-refractivity contribution is 5.95. The van der Waals surface area contributed by atoms with E-state index in [0.717, 1.165) is 24.9 Å². The SMILES string of the molecule is CN(Cc1cc(F)cc(C(=N)N)c1)CC1CC(O)C1. The van der Waals surface area contributed by atoms with Crippen LogP contribution in [0.5, 0.6) is 0 Å². The van der Waals surface area contributed by atoms with E-state index >= 15 is 0 Å². The van der Waals surface area contributed by atoms with Crippen molar-refractivity contribution in [3.05, 3.63) is 35.1 Å². The van der Waals surface area contributed by atoms with Crippen LogP contribution in [0.25, 0.3) is 0 Å². The van der Waals surface area contributed by atoms with Crippen LogP contribution < -0.4 is 5.73 Å². The van der Waals surface area contributed by atoms with E-state index < -0.39 is 0 Å². The second-order valence-electron chi connectivity index (χ2n) is 5.45. The van der Waals surface area contributed by atoms with Gasteiger partial charge in [-0.25, -0.2) is 4.39 Å². The predicted molar refractivity (Wildman–Crippen MR) is 72.5 cm³/mol. The van der Waals surface area contributed by atoms with Gasteiger partial charge in [0.25, 0.3) is 0 Å². The molecule has 1 saturated carbocycles. The zero-order chi connectivity index (χ0) is 14.0. The first-order chi connectivity index (χ1) is 8.94. The average Bonchev–Trinajstić information content (AvgIpc) is 2.25. The van der Waals surface area contributed by atoms with Gasteiger partial charge in [0, 0.05) is 18.7 Å². The van der Waals surface area contributed by atoms with Crippen LogP contribution in [0.1, 0.15) is 24.0 Å². The van der Waals surface area contributed by atoms with Crippen LogP contribution in [-0.2, 0) is 6.54 Å². The molecule has 1 fully saturated rings. The van der Waals surface area contributed by atoms with Crippen LogP contribution in [0.4, 0.5) is 4.39 Å². The molecule has 0 heterocycles.